The summed E-state index contributed by atoms with van der Waals surface area (Å²) in [7, 11) is 0. The van der Waals surface area contributed by atoms with Crippen LogP contribution in [0.5, 0.6) is 0 Å². The molecule has 0 aromatic carbocycles. The molecule has 6 heteroatoms. The highest BCUT2D eigenvalue weighted by atomic mass is 127. The van der Waals surface area contributed by atoms with Crippen molar-refractivity contribution < 1.29 is 38.3 Å². The first-order chi connectivity index (χ1) is 26.2. The first-order valence-electron chi connectivity index (χ1n) is 24.7. The minimum atomic E-state index is -5.94. The lowest BCUT2D eigenvalue weighted by Gasteiger charge is -2.40. The summed E-state index contributed by atoms with van der Waals surface area (Å²) in [5, 5.41) is 0. The Hall–Kier alpha value is 0.530. The number of rotatable bonds is 44. The Morgan fingerprint density at radius 3 is 0.463 bits per heavy atom. The van der Waals surface area contributed by atoms with Gasteiger partial charge in [0.15, 0.2) is 0 Å². The minimum Gasteiger partial charge on any atom is -0.324 e. The number of quaternary nitrogens is 1. The maximum atomic E-state index is 8.62. The van der Waals surface area contributed by atoms with Crippen molar-refractivity contribution in [3.05, 3.63) is 0 Å². The van der Waals surface area contributed by atoms with Crippen molar-refractivity contribution in [2.24, 2.45) is 0 Å². The molecule has 0 bridgehead atoms. The van der Waals surface area contributed by atoms with Gasteiger partial charge in [-0.2, -0.15) is 0 Å². The Morgan fingerprint density at radius 2 is 0.333 bits per heavy atom. The van der Waals surface area contributed by atoms with E-state index in [1.54, 1.807) is 0 Å². The van der Waals surface area contributed by atoms with Gasteiger partial charge in [-0.15, -0.1) is 0 Å². The third-order valence-corrected chi connectivity index (χ3v) is 11.9. The molecule has 0 aliphatic rings. The van der Waals surface area contributed by atoms with Gasteiger partial charge in [0.2, 0.25) is 0 Å². The summed E-state index contributed by atoms with van der Waals surface area (Å²) in [5.74, 6) is 0. The maximum absolute atomic E-state index is 8.62. The average molecular weight is 882 g/mol. The van der Waals surface area contributed by atoms with E-state index in [2.05, 4.69) is 27.7 Å². The summed E-state index contributed by atoms with van der Waals surface area (Å²) >= 11 is -5.94. The molecule has 0 saturated heterocycles. The Morgan fingerprint density at radius 1 is 0.222 bits per heavy atom. The molecule has 0 spiro atoms. The van der Waals surface area contributed by atoms with Crippen molar-refractivity contribution in [2.75, 3.05) is 26.2 Å². The van der Waals surface area contributed by atoms with Crippen LogP contribution in [-0.2, 0) is 0 Å². The quantitative estimate of drug-likeness (QED) is 0.0346. The zero-order valence-corrected chi connectivity index (χ0v) is 39.7. The fraction of sp³-hybridized carbons (Fsp3) is 1.00. The SMILES string of the molecule is CCCCCCCCCCCC[N+](CCCCCCCCCCCC)(CCCCCCCCCCCC)CCCCCCCCCCCC.[O-][I+3]([O-])([O-])[O-]. The lowest BCUT2D eigenvalue weighted by atomic mass is 10.0. The molecule has 0 fully saturated rings. The molecule has 0 radical (unpaired) electrons. The molecule has 0 saturated carbocycles. The zero-order chi connectivity index (χ0) is 40.1. The highest BCUT2D eigenvalue weighted by molar-refractivity contribution is 4.56. The molecule has 0 aliphatic heterocycles. The molecule has 0 aromatic heterocycles. The lowest BCUT2D eigenvalue weighted by Crippen LogP contribution is -4.29. The van der Waals surface area contributed by atoms with E-state index in [1.165, 1.54) is 287 Å². The Labute approximate surface area is 347 Å². The Kier molecular flexibility index (Phi) is 48.5. The molecule has 54 heavy (non-hydrogen) atoms. The number of halogens is 1. The summed E-state index contributed by atoms with van der Waals surface area (Å²) in [6, 6.07) is 0. The third kappa shape index (κ3) is 50.5. The molecule has 0 rings (SSSR count). The number of hydrogen-bond donors (Lipinski definition) is 0. The Bertz CT molecular complexity index is 566. The van der Waals surface area contributed by atoms with Gasteiger partial charge in [-0.05, 0) is 51.4 Å². The van der Waals surface area contributed by atoms with Gasteiger partial charge in [0.25, 0.3) is 0 Å². The molecular formula is C48H100INO4. The fourth-order valence-corrected chi connectivity index (χ4v) is 8.41. The average Bonchev–Trinajstić information content (AvgIpc) is 3.14. The van der Waals surface area contributed by atoms with E-state index in [0.29, 0.717) is 0 Å². The number of hydrogen-bond acceptors (Lipinski definition) is 4. The lowest BCUT2D eigenvalue weighted by molar-refractivity contribution is -2.00. The van der Waals surface area contributed by atoms with Crippen LogP contribution < -0.4 is 33.8 Å². The minimum absolute atomic E-state index is 1.37. The maximum Gasteiger partial charge on any atom is 0.144 e. The number of nitrogens with zero attached hydrogens (tertiary/aromatic N) is 1. The van der Waals surface area contributed by atoms with Crippen molar-refractivity contribution in [1.82, 2.24) is 0 Å². The standard InChI is InChI=1S/C48H100N.IO4/c1-5-9-13-17-21-25-29-33-37-41-45-49(46-42-38-34-30-26-22-18-14-10-6-2,47-43-39-35-31-27-23-19-15-11-7-3)48-44-40-36-32-28-24-20-16-12-8-4;2-1(3,4)5/h5-48H2,1-4H3;/q+1;-1. The molecule has 0 N–H and O–H groups in total. The third-order valence-electron chi connectivity index (χ3n) is 11.9. The van der Waals surface area contributed by atoms with Crippen molar-refractivity contribution in [2.45, 2.75) is 285 Å². The van der Waals surface area contributed by atoms with E-state index >= 15 is 0 Å². The van der Waals surface area contributed by atoms with Crippen LogP contribution in [0.3, 0.4) is 0 Å². The normalized spacial score (nSPS) is 12.0. The molecule has 5 nitrogen and oxygen atoms in total. The highest BCUT2D eigenvalue weighted by Gasteiger charge is 2.25. The van der Waals surface area contributed by atoms with Crippen LogP contribution in [-0.4, -0.2) is 30.7 Å². The summed E-state index contributed by atoms with van der Waals surface area (Å²) in [4.78, 5) is 0. The van der Waals surface area contributed by atoms with Gasteiger partial charge < -0.3 is 4.48 Å². The molecule has 0 heterocycles. The monoisotopic (exact) mass is 882 g/mol. The second kappa shape index (κ2) is 46.2. The molecule has 0 amide bonds. The van der Waals surface area contributed by atoms with Crippen LogP contribution in [0.25, 0.3) is 0 Å². The molecule has 328 valence electrons. The first-order valence-corrected chi connectivity index (χ1v) is 28.2. The summed E-state index contributed by atoms with van der Waals surface area (Å²) in [6.07, 6.45) is 58.7. The summed E-state index contributed by atoms with van der Waals surface area (Å²) in [5.41, 5.74) is 0. The van der Waals surface area contributed by atoms with E-state index in [0.717, 1.165) is 0 Å². The van der Waals surface area contributed by atoms with Gasteiger partial charge in [-0.25, -0.2) is 0 Å². The van der Waals surface area contributed by atoms with Crippen LogP contribution in [0.15, 0.2) is 0 Å². The van der Waals surface area contributed by atoms with Crippen molar-refractivity contribution >= 4 is 0 Å². The highest BCUT2D eigenvalue weighted by Crippen LogP contribution is 2.22. The second-order valence-electron chi connectivity index (χ2n) is 17.3. The largest absolute Gasteiger partial charge is 0.324 e. The zero-order valence-electron chi connectivity index (χ0n) is 37.6. The number of unbranched alkanes of at least 4 members (excludes halogenated alkanes) is 36. The van der Waals surface area contributed by atoms with E-state index in [9.17, 15) is 0 Å². The van der Waals surface area contributed by atoms with Gasteiger partial charge in [0.05, 0.1) is 26.2 Å². The van der Waals surface area contributed by atoms with Crippen LogP contribution in [0.2, 0.25) is 0 Å². The van der Waals surface area contributed by atoms with E-state index in [1.807, 2.05) is 0 Å². The van der Waals surface area contributed by atoms with Crippen LogP contribution in [0, 0.1) is 0 Å². The van der Waals surface area contributed by atoms with Crippen LogP contribution >= 0.6 is 0 Å². The Balaban J connectivity index is 0. The van der Waals surface area contributed by atoms with Gasteiger partial charge >= 0.3 is 0 Å². The van der Waals surface area contributed by atoms with Gasteiger partial charge in [-0.1, -0.05) is 233 Å². The van der Waals surface area contributed by atoms with Crippen molar-refractivity contribution in [3.63, 3.8) is 0 Å². The van der Waals surface area contributed by atoms with E-state index in [4.69, 9.17) is 13.7 Å². The predicted octanol–water partition coefficient (Wildman–Crippen LogP) is 9.73. The van der Waals surface area contributed by atoms with E-state index in [-0.39, 0.29) is 0 Å². The molecule has 0 unspecified atom stereocenters. The first kappa shape index (κ1) is 56.6. The summed E-state index contributed by atoms with van der Waals surface area (Å²) in [6.45, 7) is 15.3. The van der Waals surface area contributed by atoms with Gasteiger partial charge in [0.1, 0.15) is 20.1 Å². The van der Waals surface area contributed by atoms with E-state index < -0.39 is 20.1 Å². The molecular weight excluding hydrogens is 781 g/mol. The van der Waals surface area contributed by atoms with Crippen molar-refractivity contribution in [3.8, 4) is 0 Å². The molecule has 0 aliphatic carbocycles. The van der Waals surface area contributed by atoms with Gasteiger partial charge in [-0.3, -0.25) is 13.7 Å². The van der Waals surface area contributed by atoms with Crippen LogP contribution in [0.1, 0.15) is 285 Å². The molecule has 0 atom stereocenters. The predicted molar refractivity (Wildman–Crippen MR) is 227 cm³/mol. The van der Waals surface area contributed by atoms with Crippen molar-refractivity contribution in [1.29, 1.82) is 0 Å². The topological polar surface area (TPSA) is 92.2 Å². The fourth-order valence-electron chi connectivity index (χ4n) is 8.41. The van der Waals surface area contributed by atoms with Gasteiger partial charge in [0, 0.05) is 0 Å². The molecule has 0 aromatic rings. The second-order valence-corrected chi connectivity index (χ2v) is 19.5. The van der Waals surface area contributed by atoms with Crippen LogP contribution in [0.4, 0.5) is 0 Å². The smallest absolute Gasteiger partial charge is 0.144 e. The summed E-state index contributed by atoms with van der Waals surface area (Å²) < 4.78 is 36.0.